The van der Waals surface area contributed by atoms with E-state index in [4.69, 9.17) is 10.5 Å². The minimum atomic E-state index is -0.470. The summed E-state index contributed by atoms with van der Waals surface area (Å²) in [6.07, 6.45) is 4.45. The van der Waals surface area contributed by atoms with Gasteiger partial charge in [0.1, 0.15) is 11.8 Å². The third kappa shape index (κ3) is 2.61. The van der Waals surface area contributed by atoms with Crippen molar-refractivity contribution in [2.75, 3.05) is 0 Å². The van der Waals surface area contributed by atoms with E-state index in [9.17, 15) is 4.79 Å². The Morgan fingerprint density at radius 2 is 1.88 bits per heavy atom. The van der Waals surface area contributed by atoms with Crippen molar-refractivity contribution in [1.82, 2.24) is 0 Å². The van der Waals surface area contributed by atoms with Crippen LogP contribution in [0.15, 0.2) is 30.3 Å². The molecule has 1 fully saturated rings. The quantitative estimate of drug-likeness (QED) is 0.625. The smallest absolute Gasteiger partial charge is 0.328 e. The first-order chi connectivity index (χ1) is 7.77. The van der Waals surface area contributed by atoms with Gasteiger partial charge in [0.05, 0.1) is 0 Å². The Bertz CT molecular complexity index is 344. The lowest BCUT2D eigenvalue weighted by Gasteiger charge is -2.16. The maximum atomic E-state index is 11.8. The molecule has 0 heterocycles. The molecular formula is C13H17NO2. The summed E-state index contributed by atoms with van der Waals surface area (Å²) in [6.45, 7) is 0. The molecule has 0 saturated heterocycles. The first-order valence-corrected chi connectivity index (χ1v) is 5.79. The second kappa shape index (κ2) is 5.12. The van der Waals surface area contributed by atoms with E-state index in [0.29, 0.717) is 11.7 Å². The van der Waals surface area contributed by atoms with Gasteiger partial charge in [0.25, 0.3) is 0 Å². The molecule has 0 bridgehead atoms. The summed E-state index contributed by atoms with van der Waals surface area (Å²) >= 11 is 0. The van der Waals surface area contributed by atoms with Crippen LogP contribution in [-0.2, 0) is 4.79 Å². The monoisotopic (exact) mass is 219 g/mol. The molecule has 16 heavy (non-hydrogen) atoms. The van der Waals surface area contributed by atoms with E-state index in [1.165, 1.54) is 12.8 Å². The molecule has 1 aliphatic carbocycles. The summed E-state index contributed by atoms with van der Waals surface area (Å²) in [5.74, 6) is 0.565. The number of hydrogen-bond acceptors (Lipinski definition) is 3. The summed E-state index contributed by atoms with van der Waals surface area (Å²) in [7, 11) is 0. The van der Waals surface area contributed by atoms with Gasteiger partial charge in [0.15, 0.2) is 0 Å². The van der Waals surface area contributed by atoms with Crippen LogP contribution in [0.25, 0.3) is 0 Å². The zero-order valence-corrected chi connectivity index (χ0v) is 9.26. The lowest BCUT2D eigenvalue weighted by molar-refractivity contribution is -0.137. The Morgan fingerprint density at radius 3 is 2.50 bits per heavy atom. The molecule has 2 N–H and O–H groups in total. The molecular weight excluding hydrogens is 202 g/mol. The molecule has 1 aromatic carbocycles. The molecule has 3 heteroatoms. The predicted octanol–water partition coefficient (Wildman–Crippen LogP) is 2.11. The van der Waals surface area contributed by atoms with E-state index in [1.807, 2.05) is 18.2 Å². The first kappa shape index (κ1) is 11.1. The highest BCUT2D eigenvalue weighted by molar-refractivity contribution is 5.78. The van der Waals surface area contributed by atoms with Gasteiger partial charge in [-0.3, -0.25) is 0 Å². The number of rotatable bonds is 3. The summed E-state index contributed by atoms with van der Waals surface area (Å²) in [6, 6.07) is 8.61. The highest BCUT2D eigenvalue weighted by atomic mass is 16.5. The van der Waals surface area contributed by atoms with Gasteiger partial charge >= 0.3 is 5.97 Å². The van der Waals surface area contributed by atoms with Crippen molar-refractivity contribution in [2.45, 2.75) is 31.7 Å². The van der Waals surface area contributed by atoms with E-state index in [1.54, 1.807) is 12.1 Å². The van der Waals surface area contributed by atoms with Gasteiger partial charge < -0.3 is 10.5 Å². The Kier molecular flexibility index (Phi) is 3.57. The van der Waals surface area contributed by atoms with Crippen LogP contribution in [0.3, 0.4) is 0 Å². The molecule has 86 valence electrons. The van der Waals surface area contributed by atoms with E-state index in [2.05, 4.69) is 0 Å². The number of esters is 1. The molecule has 3 nitrogen and oxygen atoms in total. The second-order valence-electron chi connectivity index (χ2n) is 4.30. The van der Waals surface area contributed by atoms with Gasteiger partial charge in [-0.1, -0.05) is 31.0 Å². The zero-order valence-electron chi connectivity index (χ0n) is 9.26. The van der Waals surface area contributed by atoms with Crippen LogP contribution in [0.5, 0.6) is 5.75 Å². The van der Waals surface area contributed by atoms with Gasteiger partial charge in [-0.15, -0.1) is 0 Å². The molecule has 2 rings (SSSR count). The fourth-order valence-corrected chi connectivity index (χ4v) is 2.18. The molecule has 0 radical (unpaired) electrons. The fourth-order valence-electron chi connectivity index (χ4n) is 2.18. The first-order valence-electron chi connectivity index (χ1n) is 5.79. The second-order valence-corrected chi connectivity index (χ2v) is 4.30. The van der Waals surface area contributed by atoms with Gasteiger partial charge in [0.2, 0.25) is 0 Å². The third-order valence-corrected chi connectivity index (χ3v) is 3.14. The Morgan fingerprint density at radius 1 is 1.25 bits per heavy atom. The summed E-state index contributed by atoms with van der Waals surface area (Å²) in [4.78, 5) is 11.8. The molecule has 0 spiro atoms. The molecule has 0 aromatic heterocycles. The van der Waals surface area contributed by atoms with Crippen molar-refractivity contribution in [1.29, 1.82) is 0 Å². The van der Waals surface area contributed by atoms with Crippen molar-refractivity contribution < 1.29 is 9.53 Å². The Labute approximate surface area is 95.6 Å². The number of nitrogens with two attached hydrogens (primary N) is 1. The number of benzene rings is 1. The van der Waals surface area contributed by atoms with Crippen LogP contribution >= 0.6 is 0 Å². The maximum absolute atomic E-state index is 11.8. The molecule has 0 aliphatic heterocycles. The van der Waals surface area contributed by atoms with Gasteiger partial charge in [-0.25, -0.2) is 4.79 Å². The van der Waals surface area contributed by atoms with Crippen molar-refractivity contribution in [3.05, 3.63) is 30.3 Å². The van der Waals surface area contributed by atoms with Crippen LogP contribution in [0, 0.1) is 5.92 Å². The lowest BCUT2D eigenvalue weighted by atomic mass is 9.99. The topological polar surface area (TPSA) is 52.3 Å². The van der Waals surface area contributed by atoms with Crippen LogP contribution in [-0.4, -0.2) is 12.0 Å². The van der Waals surface area contributed by atoms with E-state index in [0.717, 1.165) is 12.8 Å². The minimum Gasteiger partial charge on any atom is -0.425 e. The standard InChI is InChI=1S/C13H17NO2/c14-12(10-6-4-5-7-10)13(15)16-11-8-2-1-3-9-11/h1-3,8-10,12H,4-7,14H2. The molecule has 1 saturated carbocycles. The number of carbonyl (C=O) groups excluding carboxylic acids is 1. The van der Waals surface area contributed by atoms with E-state index in [-0.39, 0.29) is 5.97 Å². The van der Waals surface area contributed by atoms with Gasteiger partial charge in [-0.2, -0.15) is 0 Å². The van der Waals surface area contributed by atoms with Gasteiger partial charge in [-0.05, 0) is 30.9 Å². The number of carbonyl (C=O) groups is 1. The lowest BCUT2D eigenvalue weighted by Crippen LogP contribution is -2.39. The van der Waals surface area contributed by atoms with Crippen molar-refractivity contribution in [3.8, 4) is 5.75 Å². The normalized spacial score (nSPS) is 18.3. The summed E-state index contributed by atoms with van der Waals surface area (Å²) < 4.78 is 5.22. The molecule has 1 aliphatic rings. The Balaban J connectivity index is 1.92. The van der Waals surface area contributed by atoms with E-state index >= 15 is 0 Å². The minimum absolute atomic E-state index is 0.302. The van der Waals surface area contributed by atoms with Crippen LogP contribution in [0.1, 0.15) is 25.7 Å². The van der Waals surface area contributed by atoms with Crippen LogP contribution in [0.4, 0.5) is 0 Å². The number of para-hydroxylation sites is 1. The highest BCUT2D eigenvalue weighted by Crippen LogP contribution is 2.27. The van der Waals surface area contributed by atoms with Crippen molar-refractivity contribution in [2.24, 2.45) is 11.7 Å². The maximum Gasteiger partial charge on any atom is 0.328 e. The summed E-state index contributed by atoms with van der Waals surface area (Å²) in [5, 5.41) is 0. The average molecular weight is 219 g/mol. The van der Waals surface area contributed by atoms with Crippen LogP contribution < -0.4 is 10.5 Å². The SMILES string of the molecule is NC(C(=O)Oc1ccccc1)C1CCCC1. The Hall–Kier alpha value is -1.35. The molecule has 1 atom stereocenters. The third-order valence-electron chi connectivity index (χ3n) is 3.14. The zero-order chi connectivity index (χ0) is 11.4. The van der Waals surface area contributed by atoms with Gasteiger partial charge in [0, 0.05) is 0 Å². The number of ether oxygens (including phenoxy) is 1. The summed E-state index contributed by atoms with van der Waals surface area (Å²) in [5.41, 5.74) is 5.90. The van der Waals surface area contributed by atoms with E-state index < -0.39 is 6.04 Å². The number of hydrogen-bond donors (Lipinski definition) is 1. The largest absolute Gasteiger partial charge is 0.425 e. The van der Waals surface area contributed by atoms with Crippen molar-refractivity contribution >= 4 is 5.97 Å². The van der Waals surface area contributed by atoms with Crippen LogP contribution in [0.2, 0.25) is 0 Å². The molecule has 1 unspecified atom stereocenters. The van der Waals surface area contributed by atoms with Crippen molar-refractivity contribution in [3.63, 3.8) is 0 Å². The molecule has 1 aromatic rings. The predicted molar refractivity (Wildman–Crippen MR) is 62.0 cm³/mol. The average Bonchev–Trinajstić information content (AvgIpc) is 2.83. The molecule has 0 amide bonds. The fraction of sp³-hybridized carbons (Fsp3) is 0.462. The highest BCUT2D eigenvalue weighted by Gasteiger charge is 2.28.